The average Bonchev–Trinajstić information content (AvgIpc) is 3.23. The van der Waals surface area contributed by atoms with Gasteiger partial charge >= 0.3 is 12.1 Å². The Balaban J connectivity index is 1.55. The predicted molar refractivity (Wildman–Crippen MR) is 94.8 cm³/mol. The van der Waals surface area contributed by atoms with Gasteiger partial charge in [0.2, 0.25) is 0 Å². The summed E-state index contributed by atoms with van der Waals surface area (Å²) in [5.41, 5.74) is 6.96. The number of nitrogens with one attached hydrogen (secondary N) is 2. The quantitative estimate of drug-likeness (QED) is 0.614. The summed E-state index contributed by atoms with van der Waals surface area (Å²) in [6.07, 6.45) is 3.72. The molecule has 142 valence electrons. The number of carboxylic acids is 1. The van der Waals surface area contributed by atoms with E-state index in [1.807, 2.05) is 19.1 Å². The molecule has 2 bridgehead atoms. The van der Waals surface area contributed by atoms with Crippen molar-refractivity contribution in [1.82, 2.24) is 10.9 Å². The molecule has 3 rings (SSSR count). The Hall–Kier alpha value is -2.12. The van der Waals surface area contributed by atoms with Gasteiger partial charge in [0.15, 0.2) is 0 Å². The molecule has 4 atom stereocenters. The van der Waals surface area contributed by atoms with Gasteiger partial charge < -0.3 is 14.6 Å². The smallest absolute Gasteiger partial charge is 0.421 e. The molecule has 7 heteroatoms. The van der Waals surface area contributed by atoms with E-state index in [1.54, 1.807) is 12.1 Å². The minimum atomic E-state index is -0.914. The van der Waals surface area contributed by atoms with E-state index in [2.05, 4.69) is 10.9 Å². The molecule has 0 radical (unpaired) electrons. The van der Waals surface area contributed by atoms with Gasteiger partial charge in [-0.3, -0.25) is 5.43 Å². The van der Waals surface area contributed by atoms with Gasteiger partial charge in [-0.05, 0) is 49.3 Å². The van der Waals surface area contributed by atoms with E-state index in [4.69, 9.17) is 14.6 Å². The van der Waals surface area contributed by atoms with Gasteiger partial charge in [0, 0.05) is 12.5 Å². The predicted octanol–water partition coefficient (Wildman–Crippen LogP) is 2.36. The summed E-state index contributed by atoms with van der Waals surface area (Å²) in [5, 5.41) is 9.01. The Bertz CT molecular complexity index is 633. The van der Waals surface area contributed by atoms with Crippen LogP contribution in [-0.2, 0) is 15.9 Å². The summed E-state index contributed by atoms with van der Waals surface area (Å²) in [5.74, 6) is -0.257. The SMILES string of the molecule is CCCOC(=O)NNCC1C2CCC(O2)C1Cc1ccc(C(=O)O)cc1. The van der Waals surface area contributed by atoms with Gasteiger partial charge in [0.05, 0.1) is 24.4 Å². The Morgan fingerprint density at radius 3 is 2.54 bits per heavy atom. The number of carbonyl (C=O) groups excluding carboxylic acids is 1. The number of fused-ring (bicyclic) bond motifs is 2. The summed E-state index contributed by atoms with van der Waals surface area (Å²) >= 11 is 0. The van der Waals surface area contributed by atoms with Crippen LogP contribution in [0.25, 0.3) is 0 Å². The Morgan fingerprint density at radius 1 is 1.19 bits per heavy atom. The molecule has 1 aromatic carbocycles. The molecule has 2 fully saturated rings. The molecular formula is C19H26N2O5. The molecule has 1 amide bonds. The van der Waals surface area contributed by atoms with Crippen molar-refractivity contribution in [3.05, 3.63) is 35.4 Å². The molecule has 26 heavy (non-hydrogen) atoms. The second-order valence-electron chi connectivity index (χ2n) is 6.97. The topological polar surface area (TPSA) is 96.9 Å². The normalized spacial score (nSPS) is 26.7. The number of hydrazine groups is 1. The highest BCUT2D eigenvalue weighted by molar-refractivity contribution is 5.87. The lowest BCUT2D eigenvalue weighted by atomic mass is 9.76. The molecule has 0 aliphatic carbocycles. The molecule has 2 aliphatic rings. The number of rotatable bonds is 8. The van der Waals surface area contributed by atoms with Crippen molar-refractivity contribution >= 4 is 12.1 Å². The van der Waals surface area contributed by atoms with Gasteiger partial charge in [-0.2, -0.15) is 0 Å². The van der Waals surface area contributed by atoms with Gasteiger partial charge in [-0.1, -0.05) is 19.1 Å². The number of carboxylic acid groups (broad SMARTS) is 1. The van der Waals surface area contributed by atoms with Crippen LogP contribution >= 0.6 is 0 Å². The van der Waals surface area contributed by atoms with Gasteiger partial charge in [-0.25, -0.2) is 15.0 Å². The van der Waals surface area contributed by atoms with E-state index >= 15 is 0 Å². The van der Waals surface area contributed by atoms with Crippen LogP contribution in [0.4, 0.5) is 4.79 Å². The molecule has 1 aromatic rings. The van der Waals surface area contributed by atoms with Crippen LogP contribution in [0.2, 0.25) is 0 Å². The third kappa shape index (κ3) is 4.34. The maximum absolute atomic E-state index is 11.5. The molecular weight excluding hydrogens is 336 g/mol. The molecule has 7 nitrogen and oxygen atoms in total. The number of hydrogen-bond donors (Lipinski definition) is 3. The number of hydrogen-bond acceptors (Lipinski definition) is 5. The maximum Gasteiger partial charge on any atom is 0.421 e. The molecule has 3 N–H and O–H groups in total. The van der Waals surface area contributed by atoms with E-state index in [0.717, 1.165) is 31.2 Å². The van der Waals surface area contributed by atoms with Crippen LogP contribution in [0.5, 0.6) is 0 Å². The van der Waals surface area contributed by atoms with E-state index in [-0.39, 0.29) is 12.2 Å². The fraction of sp³-hybridized carbons (Fsp3) is 0.579. The second-order valence-corrected chi connectivity index (χ2v) is 6.97. The van der Waals surface area contributed by atoms with Crippen LogP contribution in [0.3, 0.4) is 0 Å². The van der Waals surface area contributed by atoms with Gasteiger partial charge in [0.1, 0.15) is 0 Å². The Morgan fingerprint density at radius 2 is 1.88 bits per heavy atom. The summed E-state index contributed by atoms with van der Waals surface area (Å²) in [6, 6.07) is 7.04. The summed E-state index contributed by atoms with van der Waals surface area (Å²) in [7, 11) is 0. The lowest BCUT2D eigenvalue weighted by molar-refractivity contribution is 0.0696. The van der Waals surface area contributed by atoms with Crippen molar-refractivity contribution in [3.63, 3.8) is 0 Å². The van der Waals surface area contributed by atoms with Crippen molar-refractivity contribution in [2.24, 2.45) is 11.8 Å². The van der Waals surface area contributed by atoms with Gasteiger partial charge in [0.25, 0.3) is 0 Å². The highest BCUT2D eigenvalue weighted by atomic mass is 16.6. The third-order valence-electron chi connectivity index (χ3n) is 5.23. The zero-order valence-corrected chi connectivity index (χ0v) is 14.9. The Kier molecular flexibility index (Phi) is 6.11. The fourth-order valence-electron chi connectivity index (χ4n) is 3.96. The molecule has 2 aliphatic heterocycles. The first-order chi connectivity index (χ1) is 12.6. The molecule has 4 unspecified atom stereocenters. The lowest BCUT2D eigenvalue weighted by Gasteiger charge is -2.28. The van der Waals surface area contributed by atoms with Crippen LogP contribution < -0.4 is 10.9 Å². The number of carbonyl (C=O) groups is 2. The zero-order chi connectivity index (χ0) is 18.5. The van der Waals surface area contributed by atoms with E-state index in [1.165, 1.54) is 0 Å². The molecule has 0 aromatic heterocycles. The van der Waals surface area contributed by atoms with Crippen LogP contribution in [0.15, 0.2) is 24.3 Å². The first-order valence-electron chi connectivity index (χ1n) is 9.21. The first kappa shape index (κ1) is 18.7. The standard InChI is InChI=1S/C19H26N2O5/c1-2-9-25-19(24)21-20-11-15-14(16-7-8-17(15)26-16)10-12-3-5-13(6-4-12)18(22)23/h3-6,14-17,20H,2,7-11H2,1H3,(H,21,24)(H,22,23). The summed E-state index contributed by atoms with van der Waals surface area (Å²) in [6.45, 7) is 2.97. The number of aromatic carboxylic acids is 1. The van der Waals surface area contributed by atoms with Crippen LogP contribution in [-0.4, -0.2) is 42.5 Å². The maximum atomic E-state index is 11.5. The van der Waals surface area contributed by atoms with Crippen molar-refractivity contribution in [1.29, 1.82) is 0 Å². The minimum absolute atomic E-state index is 0.212. The highest BCUT2D eigenvalue weighted by Crippen LogP contribution is 2.44. The number of amides is 1. The van der Waals surface area contributed by atoms with Crippen LogP contribution in [0, 0.1) is 11.8 Å². The van der Waals surface area contributed by atoms with Crippen molar-refractivity contribution < 1.29 is 24.2 Å². The van der Waals surface area contributed by atoms with Gasteiger partial charge in [-0.15, -0.1) is 0 Å². The Labute approximate surface area is 153 Å². The first-order valence-corrected chi connectivity index (χ1v) is 9.21. The lowest BCUT2D eigenvalue weighted by Crippen LogP contribution is -2.44. The van der Waals surface area contributed by atoms with E-state index in [9.17, 15) is 9.59 Å². The minimum Gasteiger partial charge on any atom is -0.478 e. The highest BCUT2D eigenvalue weighted by Gasteiger charge is 2.48. The molecule has 2 heterocycles. The third-order valence-corrected chi connectivity index (χ3v) is 5.23. The second kappa shape index (κ2) is 8.51. The summed E-state index contributed by atoms with van der Waals surface area (Å²) < 4.78 is 11.1. The van der Waals surface area contributed by atoms with Crippen molar-refractivity contribution in [2.75, 3.05) is 13.2 Å². The molecule has 0 saturated carbocycles. The van der Waals surface area contributed by atoms with Crippen molar-refractivity contribution in [3.8, 4) is 0 Å². The number of ether oxygens (including phenoxy) is 2. The van der Waals surface area contributed by atoms with E-state index in [0.29, 0.717) is 30.6 Å². The zero-order valence-electron chi connectivity index (χ0n) is 14.9. The molecule has 0 spiro atoms. The van der Waals surface area contributed by atoms with Crippen molar-refractivity contribution in [2.45, 2.75) is 44.8 Å². The average molecular weight is 362 g/mol. The molecule has 2 saturated heterocycles. The van der Waals surface area contributed by atoms with Crippen LogP contribution in [0.1, 0.15) is 42.1 Å². The summed E-state index contributed by atoms with van der Waals surface area (Å²) in [4.78, 5) is 22.5. The monoisotopic (exact) mass is 362 g/mol. The number of benzene rings is 1. The largest absolute Gasteiger partial charge is 0.478 e. The fourth-order valence-corrected chi connectivity index (χ4v) is 3.96. The van der Waals surface area contributed by atoms with E-state index < -0.39 is 12.1 Å².